The Labute approximate surface area is 91.6 Å². The van der Waals surface area contributed by atoms with Gasteiger partial charge in [-0.05, 0) is 6.26 Å². The molecule has 0 radical (unpaired) electrons. The third-order valence-corrected chi connectivity index (χ3v) is 2.77. The van der Waals surface area contributed by atoms with Crippen LogP contribution in [0.4, 0.5) is 0 Å². The lowest BCUT2D eigenvalue weighted by Crippen LogP contribution is -2.25. The summed E-state index contributed by atoms with van der Waals surface area (Å²) in [5, 5.41) is 3.80. The number of rotatable bonds is 3. The van der Waals surface area contributed by atoms with Gasteiger partial charge in [0.25, 0.3) is 0 Å². The van der Waals surface area contributed by atoms with E-state index in [0.29, 0.717) is 37.1 Å². The van der Waals surface area contributed by atoms with Crippen molar-refractivity contribution < 1.29 is 14.1 Å². The second kappa shape index (κ2) is 4.76. The van der Waals surface area contributed by atoms with Crippen molar-refractivity contribution in [2.75, 3.05) is 19.5 Å². The zero-order chi connectivity index (χ0) is 10.7. The monoisotopic (exact) mass is 228 g/mol. The average Bonchev–Trinajstić information content (AvgIpc) is 2.68. The third kappa shape index (κ3) is 2.38. The summed E-state index contributed by atoms with van der Waals surface area (Å²) < 4.78 is 10.3. The normalized spacial score (nSPS) is 21.9. The highest BCUT2D eigenvalue weighted by atomic mass is 32.2. The van der Waals surface area contributed by atoms with E-state index < -0.39 is 0 Å². The van der Waals surface area contributed by atoms with Crippen molar-refractivity contribution in [3.63, 3.8) is 0 Å². The minimum absolute atomic E-state index is 0.126. The van der Waals surface area contributed by atoms with Gasteiger partial charge in [-0.1, -0.05) is 5.16 Å². The first kappa shape index (κ1) is 10.6. The molecule has 1 saturated heterocycles. The molecule has 1 aromatic rings. The van der Waals surface area contributed by atoms with Gasteiger partial charge in [0.1, 0.15) is 11.7 Å². The smallest absolute Gasteiger partial charge is 0.239 e. The van der Waals surface area contributed by atoms with Crippen LogP contribution in [0.3, 0.4) is 0 Å². The van der Waals surface area contributed by atoms with E-state index in [4.69, 9.17) is 9.26 Å². The lowest BCUT2D eigenvalue weighted by molar-refractivity contribution is -0.127. The van der Waals surface area contributed by atoms with E-state index in [2.05, 4.69) is 10.1 Å². The summed E-state index contributed by atoms with van der Waals surface area (Å²) in [6.07, 6.45) is 2.40. The topological polar surface area (TPSA) is 65.2 Å². The zero-order valence-corrected chi connectivity index (χ0v) is 9.25. The first-order chi connectivity index (χ1) is 7.31. The van der Waals surface area contributed by atoms with Crippen molar-refractivity contribution in [1.82, 2.24) is 10.1 Å². The summed E-state index contributed by atoms with van der Waals surface area (Å²) >= 11 is 1.61. The third-order valence-electron chi connectivity index (χ3n) is 2.22. The van der Waals surface area contributed by atoms with Crippen LogP contribution in [-0.4, -0.2) is 35.4 Å². The maximum absolute atomic E-state index is 11.5. The summed E-state index contributed by atoms with van der Waals surface area (Å²) in [6.45, 7) is 0.862. The Morgan fingerprint density at radius 1 is 1.60 bits per heavy atom. The van der Waals surface area contributed by atoms with E-state index in [1.165, 1.54) is 0 Å². The largest absolute Gasteiger partial charge is 0.380 e. The highest BCUT2D eigenvalue weighted by Gasteiger charge is 2.29. The number of hydrogen-bond acceptors (Lipinski definition) is 6. The highest BCUT2D eigenvalue weighted by Crippen LogP contribution is 2.21. The van der Waals surface area contributed by atoms with Gasteiger partial charge in [-0.15, -0.1) is 0 Å². The van der Waals surface area contributed by atoms with Gasteiger partial charge in [0, 0.05) is 6.42 Å². The quantitative estimate of drug-likeness (QED) is 0.769. The van der Waals surface area contributed by atoms with Gasteiger partial charge in [-0.3, -0.25) is 4.79 Å². The molecule has 0 saturated carbocycles. The fourth-order valence-electron chi connectivity index (χ4n) is 1.45. The molecule has 1 aliphatic heterocycles. The number of ketones is 1. The fraction of sp³-hybridized carbons (Fsp3) is 0.667. The first-order valence-corrected chi connectivity index (χ1v) is 6.12. The Morgan fingerprint density at radius 3 is 3.20 bits per heavy atom. The molecule has 2 heterocycles. The maximum atomic E-state index is 11.5. The van der Waals surface area contributed by atoms with Crippen LogP contribution in [-0.2, 0) is 15.3 Å². The molecule has 0 aromatic carbocycles. The van der Waals surface area contributed by atoms with Crippen LogP contribution in [0.2, 0.25) is 0 Å². The Kier molecular flexibility index (Phi) is 3.37. The molecule has 1 aliphatic rings. The van der Waals surface area contributed by atoms with Gasteiger partial charge in [0.05, 0.1) is 19.0 Å². The van der Waals surface area contributed by atoms with E-state index in [1.807, 2.05) is 6.26 Å². The molecule has 1 fully saturated rings. The van der Waals surface area contributed by atoms with Crippen LogP contribution in [0.1, 0.15) is 24.1 Å². The number of nitrogens with zero attached hydrogens (tertiary/aromatic N) is 2. The molecule has 0 amide bonds. The number of carbonyl (C=O) groups excluding carboxylic acids is 1. The van der Waals surface area contributed by atoms with E-state index in [9.17, 15) is 4.79 Å². The second-order valence-electron chi connectivity index (χ2n) is 3.33. The van der Waals surface area contributed by atoms with E-state index in [1.54, 1.807) is 11.8 Å². The Balaban J connectivity index is 2.10. The minimum Gasteiger partial charge on any atom is -0.380 e. The molecule has 0 aliphatic carbocycles. The molecule has 0 N–H and O–H groups in total. The standard InChI is InChI=1S/C9H12N2O3S/c1-15-5-8-10-9(14-11-8)6-4-13-3-2-7(6)12/h6H,2-5H2,1H3. The summed E-state index contributed by atoms with van der Waals surface area (Å²) in [7, 11) is 0. The number of aromatic nitrogens is 2. The van der Waals surface area contributed by atoms with Crippen molar-refractivity contribution in [1.29, 1.82) is 0 Å². The molecule has 1 aromatic heterocycles. The number of ether oxygens (including phenoxy) is 1. The van der Waals surface area contributed by atoms with Crippen LogP contribution in [0.15, 0.2) is 4.52 Å². The fourth-order valence-corrected chi connectivity index (χ4v) is 1.82. The van der Waals surface area contributed by atoms with E-state index in [0.717, 1.165) is 0 Å². The summed E-state index contributed by atoms with van der Waals surface area (Å²) in [6, 6.07) is 0. The summed E-state index contributed by atoms with van der Waals surface area (Å²) in [5.74, 6) is 1.49. The van der Waals surface area contributed by atoms with Gasteiger partial charge in [-0.2, -0.15) is 16.7 Å². The van der Waals surface area contributed by atoms with Crippen molar-refractivity contribution in [2.45, 2.75) is 18.1 Å². The van der Waals surface area contributed by atoms with Crippen LogP contribution in [0.25, 0.3) is 0 Å². The van der Waals surface area contributed by atoms with E-state index >= 15 is 0 Å². The summed E-state index contributed by atoms with van der Waals surface area (Å²) in [5.41, 5.74) is 0. The van der Waals surface area contributed by atoms with Crippen molar-refractivity contribution >= 4 is 17.5 Å². The van der Waals surface area contributed by atoms with Crippen molar-refractivity contribution in [3.8, 4) is 0 Å². The molecule has 82 valence electrons. The molecule has 6 heteroatoms. The Hall–Kier alpha value is -0.880. The molecule has 5 nitrogen and oxygen atoms in total. The predicted molar refractivity (Wildman–Crippen MR) is 54.7 cm³/mol. The van der Waals surface area contributed by atoms with Crippen LogP contribution >= 0.6 is 11.8 Å². The number of carbonyl (C=O) groups is 1. The number of hydrogen-bond donors (Lipinski definition) is 0. The first-order valence-electron chi connectivity index (χ1n) is 4.73. The lowest BCUT2D eigenvalue weighted by atomic mass is 10.0. The van der Waals surface area contributed by atoms with Crippen LogP contribution < -0.4 is 0 Å². The summed E-state index contributed by atoms with van der Waals surface area (Å²) in [4.78, 5) is 15.7. The Bertz CT molecular complexity index is 353. The zero-order valence-electron chi connectivity index (χ0n) is 8.43. The highest BCUT2D eigenvalue weighted by molar-refractivity contribution is 7.97. The molecule has 1 atom stereocenters. The number of thioether (sulfide) groups is 1. The van der Waals surface area contributed by atoms with Gasteiger partial charge < -0.3 is 9.26 Å². The number of Topliss-reactive ketones (excluding diaryl/α,β-unsaturated/α-hetero) is 1. The molecular weight excluding hydrogens is 216 g/mol. The molecule has 1 unspecified atom stereocenters. The van der Waals surface area contributed by atoms with E-state index in [-0.39, 0.29) is 11.7 Å². The SMILES string of the molecule is CSCc1noc(C2COCCC2=O)n1. The molecule has 0 bridgehead atoms. The van der Waals surface area contributed by atoms with Crippen LogP contribution in [0, 0.1) is 0 Å². The maximum Gasteiger partial charge on any atom is 0.239 e. The molecule has 15 heavy (non-hydrogen) atoms. The van der Waals surface area contributed by atoms with Crippen LogP contribution in [0.5, 0.6) is 0 Å². The average molecular weight is 228 g/mol. The van der Waals surface area contributed by atoms with Crippen molar-refractivity contribution in [3.05, 3.63) is 11.7 Å². The molecule has 0 spiro atoms. The predicted octanol–water partition coefficient (Wildman–Crippen LogP) is 1.01. The minimum atomic E-state index is -0.359. The molecular formula is C9H12N2O3S. The second-order valence-corrected chi connectivity index (χ2v) is 4.19. The van der Waals surface area contributed by atoms with Gasteiger partial charge in [-0.25, -0.2) is 0 Å². The van der Waals surface area contributed by atoms with Gasteiger partial charge >= 0.3 is 0 Å². The lowest BCUT2D eigenvalue weighted by Gasteiger charge is -2.16. The molecule has 2 rings (SSSR count). The van der Waals surface area contributed by atoms with Crippen molar-refractivity contribution in [2.24, 2.45) is 0 Å². The van der Waals surface area contributed by atoms with Gasteiger partial charge in [0.2, 0.25) is 5.89 Å². The van der Waals surface area contributed by atoms with Gasteiger partial charge in [0.15, 0.2) is 5.82 Å². The Morgan fingerprint density at radius 2 is 2.47 bits per heavy atom.